The number of amidine groups is 1. The molecule has 23 heavy (non-hydrogen) atoms. The van der Waals surface area contributed by atoms with Crippen molar-refractivity contribution in [3.05, 3.63) is 59.4 Å². The fraction of sp³-hybridized carbons (Fsp3) is 0.278. The summed E-state index contributed by atoms with van der Waals surface area (Å²) in [5, 5.41) is 0. The van der Waals surface area contributed by atoms with Crippen LogP contribution in [-0.4, -0.2) is 15.1 Å². The van der Waals surface area contributed by atoms with Crippen molar-refractivity contribution in [3.8, 4) is 0 Å². The van der Waals surface area contributed by atoms with Crippen molar-refractivity contribution < 1.29 is 0 Å². The molecule has 0 amide bonds. The van der Waals surface area contributed by atoms with E-state index in [1.54, 1.807) is 6.20 Å². The van der Waals surface area contributed by atoms with Crippen LogP contribution >= 0.6 is 24.0 Å². The lowest BCUT2D eigenvalue weighted by Gasteiger charge is -2.17. The van der Waals surface area contributed by atoms with E-state index in [-0.39, 0.29) is 5.41 Å². The molecule has 0 spiro atoms. The second-order valence-electron chi connectivity index (χ2n) is 6.36. The third-order valence-electron chi connectivity index (χ3n) is 3.27. The highest BCUT2D eigenvalue weighted by molar-refractivity contribution is 8.23. The van der Waals surface area contributed by atoms with E-state index in [0.717, 1.165) is 16.2 Å². The van der Waals surface area contributed by atoms with E-state index in [9.17, 15) is 0 Å². The van der Waals surface area contributed by atoms with Crippen LogP contribution in [0.3, 0.4) is 0 Å². The van der Waals surface area contributed by atoms with E-state index in [1.807, 2.05) is 36.4 Å². The molecular weight excluding hydrogens is 322 g/mol. The SMILES string of the molecule is Cc1ccc(SC(=S)/N=C(\N)c2ccc(C(C)(C)C)nc2)cc1. The molecule has 0 atom stereocenters. The summed E-state index contributed by atoms with van der Waals surface area (Å²) < 4.78 is 0.492. The molecule has 120 valence electrons. The quantitative estimate of drug-likeness (QED) is 0.378. The Morgan fingerprint density at radius 3 is 2.30 bits per heavy atom. The number of hydrogen-bond donors (Lipinski definition) is 1. The summed E-state index contributed by atoms with van der Waals surface area (Å²) in [6.07, 6.45) is 1.75. The molecule has 0 unspecified atom stereocenters. The summed E-state index contributed by atoms with van der Waals surface area (Å²) in [6, 6.07) is 12.1. The van der Waals surface area contributed by atoms with E-state index < -0.39 is 0 Å². The van der Waals surface area contributed by atoms with Crippen molar-refractivity contribution in [2.45, 2.75) is 38.0 Å². The van der Waals surface area contributed by atoms with Crippen LogP contribution < -0.4 is 5.73 Å². The van der Waals surface area contributed by atoms with Crippen LogP contribution in [0.25, 0.3) is 0 Å². The number of aromatic nitrogens is 1. The van der Waals surface area contributed by atoms with Crippen LogP contribution in [0.5, 0.6) is 0 Å². The van der Waals surface area contributed by atoms with Gasteiger partial charge in [-0.2, -0.15) is 0 Å². The molecule has 5 heteroatoms. The van der Waals surface area contributed by atoms with Crippen LogP contribution in [0.1, 0.15) is 37.6 Å². The smallest absolute Gasteiger partial charge is 0.166 e. The third kappa shape index (κ3) is 5.15. The Morgan fingerprint density at radius 2 is 1.78 bits per heavy atom. The molecule has 0 aliphatic heterocycles. The zero-order valence-electron chi connectivity index (χ0n) is 13.8. The van der Waals surface area contributed by atoms with Gasteiger partial charge in [0.15, 0.2) is 4.32 Å². The van der Waals surface area contributed by atoms with Gasteiger partial charge in [0.1, 0.15) is 5.84 Å². The number of nitrogens with zero attached hydrogens (tertiary/aromatic N) is 2. The third-order valence-corrected chi connectivity index (χ3v) is 4.38. The van der Waals surface area contributed by atoms with E-state index >= 15 is 0 Å². The Labute approximate surface area is 147 Å². The molecular formula is C18H21N3S2. The zero-order valence-corrected chi connectivity index (χ0v) is 15.5. The largest absolute Gasteiger partial charge is 0.383 e. The molecule has 0 saturated heterocycles. The van der Waals surface area contributed by atoms with Gasteiger partial charge in [-0.05, 0) is 31.2 Å². The summed E-state index contributed by atoms with van der Waals surface area (Å²) in [4.78, 5) is 9.82. The number of benzene rings is 1. The van der Waals surface area contributed by atoms with Gasteiger partial charge in [0.2, 0.25) is 0 Å². The van der Waals surface area contributed by atoms with Gasteiger partial charge in [-0.25, -0.2) is 4.99 Å². The number of thioether (sulfide) groups is 1. The molecule has 3 nitrogen and oxygen atoms in total. The normalized spacial score (nSPS) is 12.3. The first-order valence-corrected chi connectivity index (χ1v) is 8.58. The monoisotopic (exact) mass is 343 g/mol. The Hall–Kier alpha value is -1.72. The van der Waals surface area contributed by atoms with E-state index in [2.05, 4.69) is 37.7 Å². The van der Waals surface area contributed by atoms with E-state index in [4.69, 9.17) is 18.0 Å². The minimum Gasteiger partial charge on any atom is -0.383 e. The molecule has 2 aromatic rings. The maximum atomic E-state index is 6.04. The standard InChI is InChI=1S/C18H21N3S2/c1-12-5-8-14(9-6-12)23-17(22)21-16(19)13-7-10-15(20-11-13)18(2,3)4/h5-11H,1-4H3,(H2,19,21,22). The average molecular weight is 344 g/mol. The summed E-state index contributed by atoms with van der Waals surface area (Å²) in [5.41, 5.74) is 9.07. The molecule has 0 saturated carbocycles. The summed E-state index contributed by atoms with van der Waals surface area (Å²) in [7, 11) is 0. The van der Waals surface area contributed by atoms with Gasteiger partial charge >= 0.3 is 0 Å². The zero-order chi connectivity index (χ0) is 17.0. The maximum Gasteiger partial charge on any atom is 0.166 e. The first kappa shape index (κ1) is 17.6. The summed E-state index contributed by atoms with van der Waals surface area (Å²) in [5.74, 6) is 0.391. The number of hydrogen-bond acceptors (Lipinski definition) is 3. The van der Waals surface area contributed by atoms with Crippen LogP contribution in [0, 0.1) is 6.92 Å². The van der Waals surface area contributed by atoms with Crippen molar-refractivity contribution in [1.29, 1.82) is 0 Å². The Morgan fingerprint density at radius 1 is 1.13 bits per heavy atom. The molecule has 2 rings (SSSR count). The van der Waals surface area contributed by atoms with Crippen molar-refractivity contribution in [1.82, 2.24) is 4.98 Å². The fourth-order valence-corrected chi connectivity index (χ4v) is 2.89. The van der Waals surface area contributed by atoms with Gasteiger partial charge in [-0.1, -0.05) is 62.4 Å². The highest BCUT2D eigenvalue weighted by atomic mass is 32.2. The van der Waals surface area contributed by atoms with E-state index in [0.29, 0.717) is 10.2 Å². The van der Waals surface area contributed by atoms with Crippen LogP contribution in [0.2, 0.25) is 0 Å². The Kier molecular flexibility index (Phi) is 5.55. The molecule has 0 aliphatic carbocycles. The number of nitrogens with two attached hydrogens (primary N) is 1. The number of aliphatic imine (C=N–C) groups is 1. The summed E-state index contributed by atoms with van der Waals surface area (Å²) in [6.45, 7) is 8.43. The first-order valence-electron chi connectivity index (χ1n) is 7.35. The summed E-state index contributed by atoms with van der Waals surface area (Å²) >= 11 is 6.73. The first-order chi connectivity index (χ1) is 10.8. The maximum absolute atomic E-state index is 6.04. The van der Waals surface area contributed by atoms with Crippen LogP contribution in [0.15, 0.2) is 52.5 Å². The van der Waals surface area contributed by atoms with Crippen molar-refractivity contribution >= 4 is 34.1 Å². The molecule has 1 aromatic heterocycles. The molecule has 0 bridgehead atoms. The van der Waals surface area contributed by atoms with Gasteiger partial charge in [-0.3, -0.25) is 4.98 Å². The predicted molar refractivity (Wildman–Crippen MR) is 103 cm³/mol. The Balaban J connectivity index is 2.09. The van der Waals surface area contributed by atoms with Crippen LogP contribution in [-0.2, 0) is 5.41 Å². The molecule has 0 fully saturated rings. The van der Waals surface area contributed by atoms with Crippen LogP contribution in [0.4, 0.5) is 0 Å². The molecule has 0 radical (unpaired) electrons. The van der Waals surface area contributed by atoms with Gasteiger partial charge in [-0.15, -0.1) is 0 Å². The number of rotatable bonds is 2. The molecule has 1 aromatic carbocycles. The molecule has 1 heterocycles. The van der Waals surface area contributed by atoms with Crippen molar-refractivity contribution in [2.24, 2.45) is 10.7 Å². The van der Waals surface area contributed by atoms with Crippen molar-refractivity contribution in [3.63, 3.8) is 0 Å². The number of aryl methyl sites for hydroxylation is 1. The number of thiocarbonyl (C=S) groups is 1. The minimum atomic E-state index is 0.0149. The van der Waals surface area contributed by atoms with Gasteiger partial charge in [0.05, 0.1) is 0 Å². The predicted octanol–water partition coefficient (Wildman–Crippen LogP) is 4.47. The van der Waals surface area contributed by atoms with Gasteiger partial charge in [0, 0.05) is 27.8 Å². The Bertz CT molecular complexity index is 711. The highest BCUT2D eigenvalue weighted by Gasteiger charge is 2.15. The second kappa shape index (κ2) is 7.23. The fourth-order valence-electron chi connectivity index (χ4n) is 1.88. The van der Waals surface area contributed by atoms with E-state index in [1.165, 1.54) is 17.3 Å². The second-order valence-corrected chi connectivity index (χ2v) is 8.07. The van der Waals surface area contributed by atoms with Gasteiger partial charge in [0.25, 0.3) is 0 Å². The highest BCUT2D eigenvalue weighted by Crippen LogP contribution is 2.22. The average Bonchev–Trinajstić information content (AvgIpc) is 2.49. The number of pyridine rings is 1. The molecule has 0 aliphatic rings. The minimum absolute atomic E-state index is 0.0149. The lowest BCUT2D eigenvalue weighted by atomic mass is 9.91. The lowest BCUT2D eigenvalue weighted by molar-refractivity contribution is 0.569. The topological polar surface area (TPSA) is 51.3 Å². The molecule has 2 N–H and O–H groups in total. The van der Waals surface area contributed by atoms with Gasteiger partial charge < -0.3 is 5.73 Å². The lowest BCUT2D eigenvalue weighted by Crippen LogP contribution is -2.17. The van der Waals surface area contributed by atoms with Crippen molar-refractivity contribution in [2.75, 3.05) is 0 Å².